The number of rotatable bonds is 3. The quantitative estimate of drug-likeness (QED) is 0.587. The van der Waals surface area contributed by atoms with Gasteiger partial charge in [-0.05, 0) is 49.6 Å². The van der Waals surface area contributed by atoms with Crippen molar-refractivity contribution in [2.24, 2.45) is 0 Å². The molecular formula is C24H27ClN4O. The number of H-pyrrole nitrogens is 1. The highest BCUT2D eigenvalue weighted by atomic mass is 35.5. The molecule has 0 unspecified atom stereocenters. The van der Waals surface area contributed by atoms with E-state index in [0.717, 1.165) is 48.4 Å². The standard InChI is InChI=1S/C24H27ClN4O/c1-24(2,3)21-14-16(9-10-26-21)20-15-27-22(28-20)18-8-7-17(13-19(18)25)23(30)29-11-5-4-6-12-29/h7-10,13-15H,4-6,11-12H2,1-3H3,(H,27,28). The second kappa shape index (κ2) is 8.23. The van der Waals surface area contributed by atoms with E-state index in [1.807, 2.05) is 35.5 Å². The number of hydrogen-bond donors (Lipinski definition) is 1. The molecule has 1 aromatic carbocycles. The van der Waals surface area contributed by atoms with Crippen LogP contribution in [0.25, 0.3) is 22.6 Å². The average Bonchev–Trinajstić information content (AvgIpc) is 3.23. The maximum atomic E-state index is 12.7. The van der Waals surface area contributed by atoms with Gasteiger partial charge in [0.2, 0.25) is 0 Å². The Balaban J connectivity index is 1.58. The van der Waals surface area contributed by atoms with Crippen molar-refractivity contribution < 1.29 is 4.79 Å². The number of nitrogens with one attached hydrogen (secondary N) is 1. The molecule has 156 valence electrons. The third-order valence-electron chi connectivity index (χ3n) is 5.52. The molecule has 0 aliphatic carbocycles. The smallest absolute Gasteiger partial charge is 0.253 e. The number of likely N-dealkylation sites (tertiary alicyclic amines) is 1. The molecule has 0 saturated carbocycles. The molecule has 0 radical (unpaired) electrons. The summed E-state index contributed by atoms with van der Waals surface area (Å²) < 4.78 is 0. The Hall–Kier alpha value is -2.66. The van der Waals surface area contributed by atoms with Crippen LogP contribution in [0.1, 0.15) is 56.1 Å². The Morgan fingerprint density at radius 2 is 1.87 bits per heavy atom. The molecule has 3 heterocycles. The number of amides is 1. The molecular weight excluding hydrogens is 396 g/mol. The summed E-state index contributed by atoms with van der Waals surface area (Å²) in [5.41, 5.74) is 4.23. The highest BCUT2D eigenvalue weighted by molar-refractivity contribution is 6.33. The largest absolute Gasteiger partial charge is 0.344 e. The van der Waals surface area contributed by atoms with E-state index in [2.05, 4.69) is 36.8 Å². The first kappa shape index (κ1) is 20.6. The Morgan fingerprint density at radius 3 is 2.57 bits per heavy atom. The van der Waals surface area contributed by atoms with E-state index in [1.165, 1.54) is 6.42 Å². The van der Waals surface area contributed by atoms with Crippen molar-refractivity contribution in [2.75, 3.05) is 13.1 Å². The minimum Gasteiger partial charge on any atom is -0.344 e. The van der Waals surface area contributed by atoms with E-state index >= 15 is 0 Å². The fourth-order valence-electron chi connectivity index (χ4n) is 3.73. The van der Waals surface area contributed by atoms with Gasteiger partial charge in [-0.2, -0.15) is 0 Å². The van der Waals surface area contributed by atoms with Crippen LogP contribution < -0.4 is 0 Å². The number of aromatic amines is 1. The lowest BCUT2D eigenvalue weighted by atomic mass is 9.90. The van der Waals surface area contributed by atoms with Crippen LogP contribution >= 0.6 is 11.6 Å². The predicted molar refractivity (Wildman–Crippen MR) is 121 cm³/mol. The summed E-state index contributed by atoms with van der Waals surface area (Å²) in [5.74, 6) is 0.732. The normalized spacial score (nSPS) is 14.7. The van der Waals surface area contributed by atoms with Crippen LogP contribution in [0.4, 0.5) is 0 Å². The molecule has 2 aromatic heterocycles. The topological polar surface area (TPSA) is 61.9 Å². The van der Waals surface area contributed by atoms with Gasteiger partial charge in [-0.3, -0.25) is 9.78 Å². The maximum Gasteiger partial charge on any atom is 0.253 e. The lowest BCUT2D eigenvalue weighted by molar-refractivity contribution is 0.0724. The average molecular weight is 423 g/mol. The maximum absolute atomic E-state index is 12.7. The summed E-state index contributed by atoms with van der Waals surface area (Å²) in [4.78, 5) is 27.1. The van der Waals surface area contributed by atoms with Crippen molar-refractivity contribution in [3.05, 3.63) is 59.0 Å². The first-order valence-electron chi connectivity index (χ1n) is 10.4. The minimum atomic E-state index is -0.0326. The minimum absolute atomic E-state index is 0.0326. The summed E-state index contributed by atoms with van der Waals surface area (Å²) in [6.45, 7) is 8.06. The van der Waals surface area contributed by atoms with E-state index in [0.29, 0.717) is 16.4 Å². The first-order valence-corrected chi connectivity index (χ1v) is 10.8. The van der Waals surface area contributed by atoms with Crippen molar-refractivity contribution >= 4 is 17.5 Å². The number of imidazole rings is 1. The fourth-order valence-corrected chi connectivity index (χ4v) is 4.00. The van der Waals surface area contributed by atoms with Crippen LogP contribution in [0.3, 0.4) is 0 Å². The van der Waals surface area contributed by atoms with Crippen molar-refractivity contribution in [3.63, 3.8) is 0 Å². The first-order chi connectivity index (χ1) is 14.3. The molecule has 4 rings (SSSR count). The van der Waals surface area contributed by atoms with Gasteiger partial charge in [-0.15, -0.1) is 0 Å². The molecule has 3 aromatic rings. The van der Waals surface area contributed by atoms with Crippen LogP contribution in [0.2, 0.25) is 5.02 Å². The second-order valence-corrected chi connectivity index (χ2v) is 9.27. The van der Waals surface area contributed by atoms with Gasteiger partial charge in [0.15, 0.2) is 0 Å². The summed E-state index contributed by atoms with van der Waals surface area (Å²) in [6, 6.07) is 9.49. The molecule has 1 aliphatic heterocycles. The van der Waals surface area contributed by atoms with E-state index in [4.69, 9.17) is 16.6 Å². The highest BCUT2D eigenvalue weighted by Gasteiger charge is 2.20. The third-order valence-corrected chi connectivity index (χ3v) is 5.83. The van der Waals surface area contributed by atoms with Gasteiger partial charge in [0, 0.05) is 53.3 Å². The van der Waals surface area contributed by atoms with Crippen molar-refractivity contribution in [2.45, 2.75) is 45.4 Å². The molecule has 1 amide bonds. The lowest BCUT2D eigenvalue weighted by Crippen LogP contribution is -2.35. The van der Waals surface area contributed by atoms with Gasteiger partial charge in [-0.25, -0.2) is 4.98 Å². The summed E-state index contributed by atoms with van der Waals surface area (Å²) in [5, 5.41) is 0.517. The predicted octanol–water partition coefficient (Wildman–Crippen LogP) is 5.72. The molecule has 6 heteroatoms. The Bertz CT molecular complexity index is 1060. The number of aromatic nitrogens is 3. The number of carbonyl (C=O) groups is 1. The van der Waals surface area contributed by atoms with Crippen molar-refractivity contribution in [1.82, 2.24) is 19.9 Å². The van der Waals surface area contributed by atoms with E-state index in [1.54, 1.807) is 6.07 Å². The number of benzene rings is 1. The lowest BCUT2D eigenvalue weighted by Gasteiger charge is -2.26. The molecule has 1 aliphatic rings. The molecule has 30 heavy (non-hydrogen) atoms. The molecule has 1 N–H and O–H groups in total. The van der Waals surface area contributed by atoms with Gasteiger partial charge in [0.25, 0.3) is 5.91 Å². The fraction of sp³-hybridized carbons (Fsp3) is 0.375. The summed E-state index contributed by atoms with van der Waals surface area (Å²) >= 11 is 6.55. The Labute approximate surface area is 182 Å². The van der Waals surface area contributed by atoms with E-state index < -0.39 is 0 Å². The Kier molecular flexibility index (Phi) is 5.65. The van der Waals surface area contributed by atoms with Gasteiger partial charge in [0.05, 0.1) is 10.7 Å². The molecule has 0 atom stereocenters. The van der Waals surface area contributed by atoms with Gasteiger partial charge in [-0.1, -0.05) is 32.4 Å². The number of pyridine rings is 1. The van der Waals surface area contributed by atoms with Gasteiger partial charge in [0.1, 0.15) is 5.82 Å². The summed E-state index contributed by atoms with van der Waals surface area (Å²) in [7, 11) is 0. The van der Waals surface area contributed by atoms with E-state index in [9.17, 15) is 4.79 Å². The number of piperidine rings is 1. The van der Waals surface area contributed by atoms with Crippen LogP contribution in [0.5, 0.6) is 0 Å². The molecule has 5 nitrogen and oxygen atoms in total. The third kappa shape index (κ3) is 4.26. The number of hydrogen-bond acceptors (Lipinski definition) is 3. The number of carbonyl (C=O) groups excluding carboxylic acids is 1. The highest BCUT2D eigenvalue weighted by Crippen LogP contribution is 2.30. The van der Waals surface area contributed by atoms with Crippen LogP contribution in [0, 0.1) is 0 Å². The Morgan fingerprint density at radius 1 is 1.10 bits per heavy atom. The zero-order valence-electron chi connectivity index (χ0n) is 17.7. The van der Waals surface area contributed by atoms with Crippen LogP contribution in [-0.2, 0) is 5.41 Å². The van der Waals surface area contributed by atoms with Gasteiger partial charge < -0.3 is 9.88 Å². The SMILES string of the molecule is CC(C)(C)c1cc(-c2c[nH]c(-c3ccc(C(=O)N4CCCCC4)cc3Cl)n2)ccn1. The van der Waals surface area contributed by atoms with E-state index in [-0.39, 0.29) is 11.3 Å². The van der Waals surface area contributed by atoms with Crippen molar-refractivity contribution in [3.8, 4) is 22.6 Å². The van der Waals surface area contributed by atoms with Crippen molar-refractivity contribution in [1.29, 1.82) is 0 Å². The van der Waals surface area contributed by atoms with Gasteiger partial charge >= 0.3 is 0 Å². The monoisotopic (exact) mass is 422 g/mol. The number of halogens is 1. The molecule has 1 fully saturated rings. The number of nitrogens with zero attached hydrogens (tertiary/aromatic N) is 3. The summed E-state index contributed by atoms with van der Waals surface area (Å²) in [6.07, 6.45) is 7.02. The second-order valence-electron chi connectivity index (χ2n) is 8.86. The zero-order valence-corrected chi connectivity index (χ0v) is 18.5. The molecule has 1 saturated heterocycles. The van der Waals surface area contributed by atoms with Crippen LogP contribution in [-0.4, -0.2) is 38.8 Å². The van der Waals surface area contributed by atoms with Crippen LogP contribution in [0.15, 0.2) is 42.7 Å². The zero-order chi connectivity index (χ0) is 21.3. The molecule has 0 spiro atoms. The molecule has 0 bridgehead atoms.